The molecule has 24 nitrogen and oxygen atoms in total. The summed E-state index contributed by atoms with van der Waals surface area (Å²) < 4.78 is 197. The lowest BCUT2D eigenvalue weighted by atomic mass is 9.99. The summed E-state index contributed by atoms with van der Waals surface area (Å²) in [7, 11) is -16.9. The molecular formula is C36H44F4N8O16S4. The van der Waals surface area contributed by atoms with E-state index in [4.69, 9.17) is 37.2 Å². The van der Waals surface area contributed by atoms with Crippen molar-refractivity contribution in [3.63, 3.8) is 0 Å². The molecule has 8 atom stereocenters. The van der Waals surface area contributed by atoms with Gasteiger partial charge in [-0.1, -0.05) is 0 Å². The van der Waals surface area contributed by atoms with Gasteiger partial charge in [0.25, 0.3) is 40.5 Å². The Morgan fingerprint density at radius 1 is 0.353 bits per heavy atom. The minimum absolute atomic E-state index is 0.107. The van der Waals surface area contributed by atoms with E-state index < -0.39 is 108 Å². The Labute approximate surface area is 386 Å². The summed E-state index contributed by atoms with van der Waals surface area (Å²) >= 11 is 0. The molecule has 8 heterocycles. The molecule has 4 saturated heterocycles. The van der Waals surface area contributed by atoms with E-state index in [1.54, 1.807) is 0 Å². The molecule has 4 aliphatic heterocycles. The molecule has 0 aliphatic carbocycles. The van der Waals surface area contributed by atoms with Crippen LogP contribution in [0.25, 0.3) is 0 Å². The van der Waals surface area contributed by atoms with Gasteiger partial charge in [-0.3, -0.25) is 18.2 Å². The SMILES string of the molecule is O=S(=O)(O)[C@@H]1COCC[C@@H]1c1ncc(F)cn1.O=S(=O)(O)[C@@H]1COCC[C@H]1c1ncc(F)cn1.O=S(=O)(O)[C@H]1COCC[C@@H]1c1ncc(F)cn1.O=S(=O)(O)[C@H]1COCC[C@H]1c1ncc(F)cn1. The van der Waals surface area contributed by atoms with Gasteiger partial charge in [0.2, 0.25) is 0 Å². The second kappa shape index (κ2) is 23.9. The highest BCUT2D eigenvalue weighted by Gasteiger charge is 2.41. The Morgan fingerprint density at radius 2 is 0.515 bits per heavy atom. The first-order chi connectivity index (χ1) is 31.9. The van der Waals surface area contributed by atoms with Crippen LogP contribution in [0.3, 0.4) is 0 Å². The second-order valence-electron chi connectivity index (χ2n) is 15.1. The van der Waals surface area contributed by atoms with Crippen LogP contribution in [-0.2, 0) is 59.4 Å². The maximum Gasteiger partial charge on any atom is 0.270 e. The summed E-state index contributed by atoms with van der Waals surface area (Å²) in [6.45, 7) is 1.01. The van der Waals surface area contributed by atoms with Gasteiger partial charge in [-0.25, -0.2) is 57.4 Å². The third kappa shape index (κ3) is 15.8. The second-order valence-corrected chi connectivity index (χ2v) is 21.7. The van der Waals surface area contributed by atoms with Crippen molar-refractivity contribution < 1.29 is 88.4 Å². The number of halogens is 4. The van der Waals surface area contributed by atoms with Crippen molar-refractivity contribution >= 4 is 40.5 Å². The summed E-state index contributed by atoms with van der Waals surface area (Å²) in [6.07, 6.45) is 9.25. The molecule has 0 aromatic carbocycles. The summed E-state index contributed by atoms with van der Waals surface area (Å²) in [4.78, 5) is 30.0. The van der Waals surface area contributed by atoms with Gasteiger partial charge in [-0.15, -0.1) is 0 Å². The van der Waals surface area contributed by atoms with Crippen LogP contribution in [0.4, 0.5) is 17.6 Å². The van der Waals surface area contributed by atoms with E-state index >= 15 is 0 Å². The van der Waals surface area contributed by atoms with Crippen molar-refractivity contribution in [3.05, 3.63) is 96.1 Å². The van der Waals surface area contributed by atoms with Crippen molar-refractivity contribution in [1.82, 2.24) is 39.9 Å². The van der Waals surface area contributed by atoms with Crippen LogP contribution >= 0.6 is 0 Å². The van der Waals surface area contributed by atoms with Crippen molar-refractivity contribution in [2.45, 2.75) is 70.4 Å². The molecule has 4 fully saturated rings. The van der Waals surface area contributed by atoms with Gasteiger partial charge >= 0.3 is 0 Å². The molecule has 0 amide bonds. The van der Waals surface area contributed by atoms with Crippen molar-refractivity contribution in [3.8, 4) is 0 Å². The lowest BCUT2D eigenvalue weighted by molar-refractivity contribution is 0.0838. The topological polar surface area (TPSA) is 358 Å². The first kappa shape index (κ1) is 54.5. The molecular weight excluding hydrogens is 1000 g/mol. The van der Waals surface area contributed by atoms with Gasteiger partial charge < -0.3 is 18.9 Å². The van der Waals surface area contributed by atoms with Crippen LogP contribution in [-0.4, -0.2) is 166 Å². The number of ether oxygens (including phenoxy) is 4. The number of aromatic nitrogens is 8. The zero-order chi connectivity index (χ0) is 49.9. The zero-order valence-corrected chi connectivity index (χ0v) is 38.4. The molecule has 0 bridgehead atoms. The van der Waals surface area contributed by atoms with Gasteiger partial charge in [0.05, 0.1) is 76.0 Å². The minimum Gasteiger partial charge on any atom is -0.380 e. The van der Waals surface area contributed by atoms with Crippen LogP contribution in [0.1, 0.15) is 72.7 Å². The third-order valence-corrected chi connectivity index (χ3v) is 15.6. The number of rotatable bonds is 8. The van der Waals surface area contributed by atoms with E-state index in [2.05, 4.69) is 39.9 Å². The number of hydrogen-bond acceptors (Lipinski definition) is 20. The quantitative estimate of drug-likeness (QED) is 0.143. The molecule has 4 aromatic rings. The fraction of sp³-hybridized carbons (Fsp3) is 0.556. The molecule has 376 valence electrons. The van der Waals surface area contributed by atoms with Gasteiger partial charge in [-0.05, 0) is 25.7 Å². The smallest absolute Gasteiger partial charge is 0.270 e. The minimum atomic E-state index is -4.23. The van der Waals surface area contributed by atoms with Crippen molar-refractivity contribution in [1.29, 1.82) is 0 Å². The Bertz CT molecular complexity index is 2330. The van der Waals surface area contributed by atoms with Gasteiger partial charge in [0.15, 0.2) is 23.3 Å². The highest BCUT2D eigenvalue weighted by molar-refractivity contribution is 7.87. The Kier molecular flexibility index (Phi) is 19.1. The van der Waals surface area contributed by atoms with E-state index in [0.717, 1.165) is 49.6 Å². The van der Waals surface area contributed by atoms with Crippen molar-refractivity contribution in [2.75, 3.05) is 52.9 Å². The van der Waals surface area contributed by atoms with Gasteiger partial charge in [0.1, 0.15) is 44.3 Å². The molecule has 68 heavy (non-hydrogen) atoms. The van der Waals surface area contributed by atoms with Gasteiger partial charge in [-0.2, -0.15) is 33.7 Å². The predicted octanol–water partition coefficient (Wildman–Crippen LogP) is 1.50. The average Bonchev–Trinajstić information content (AvgIpc) is 3.30. The van der Waals surface area contributed by atoms with Crippen LogP contribution in [0.5, 0.6) is 0 Å². The lowest BCUT2D eigenvalue weighted by Crippen LogP contribution is -2.38. The number of nitrogens with zero attached hydrogens (tertiary/aromatic N) is 8. The fourth-order valence-corrected chi connectivity index (χ4v) is 11.0. The normalized spacial score (nSPS) is 25.8. The third-order valence-electron chi connectivity index (χ3n) is 10.6. The summed E-state index contributed by atoms with van der Waals surface area (Å²) in [5.41, 5.74) is 0. The van der Waals surface area contributed by atoms with Crippen LogP contribution < -0.4 is 0 Å². The number of hydrogen-bond donors (Lipinski definition) is 4. The fourth-order valence-electron chi connectivity index (χ4n) is 7.26. The monoisotopic (exact) mass is 1050 g/mol. The molecule has 8 rings (SSSR count). The highest BCUT2D eigenvalue weighted by Crippen LogP contribution is 2.32. The van der Waals surface area contributed by atoms with Crippen LogP contribution in [0, 0.1) is 23.3 Å². The highest BCUT2D eigenvalue weighted by atomic mass is 32.2. The molecule has 4 N–H and O–H groups in total. The van der Waals surface area contributed by atoms with E-state index in [1.807, 2.05) is 0 Å². The lowest BCUT2D eigenvalue weighted by Gasteiger charge is -2.27. The molecule has 0 saturated carbocycles. The zero-order valence-electron chi connectivity index (χ0n) is 35.1. The van der Waals surface area contributed by atoms with Crippen LogP contribution in [0.15, 0.2) is 49.6 Å². The summed E-state index contributed by atoms with van der Waals surface area (Å²) in [5.74, 6) is -3.83. The van der Waals surface area contributed by atoms with Gasteiger partial charge in [0, 0.05) is 50.1 Å². The average molecular weight is 1050 g/mol. The summed E-state index contributed by atoms with van der Waals surface area (Å²) in [6, 6.07) is 0. The standard InChI is InChI=1S/4C9H11FN2O4S/c4*10-6-3-11-9(12-4-6)7-1-2-16-5-8(7)17(13,14)15/h4*3-4,7-8H,1-2,5H2,(H,13,14,15)/t2*7-,8+;2*7-,8-/m1010/s1. The predicted molar refractivity (Wildman–Crippen MR) is 222 cm³/mol. The van der Waals surface area contributed by atoms with E-state index in [0.29, 0.717) is 52.1 Å². The largest absolute Gasteiger partial charge is 0.380 e. The molecule has 0 unspecified atom stereocenters. The Hall–Kier alpha value is -4.48. The molecule has 0 radical (unpaired) electrons. The maximum absolute atomic E-state index is 12.7. The maximum atomic E-state index is 12.7. The molecule has 4 aliphatic rings. The Balaban J connectivity index is 0.000000169. The first-order valence-corrected chi connectivity index (χ1v) is 26.0. The van der Waals surface area contributed by atoms with E-state index in [1.165, 1.54) is 0 Å². The first-order valence-electron chi connectivity index (χ1n) is 20.0. The van der Waals surface area contributed by atoms with Crippen LogP contribution in [0.2, 0.25) is 0 Å². The van der Waals surface area contributed by atoms with E-state index in [-0.39, 0.29) is 49.7 Å². The molecule has 0 spiro atoms. The molecule has 4 aromatic heterocycles. The Morgan fingerprint density at radius 3 is 0.662 bits per heavy atom. The molecule has 32 heteroatoms. The summed E-state index contributed by atoms with van der Waals surface area (Å²) in [5, 5.41) is -4.38. The van der Waals surface area contributed by atoms with E-state index in [9.17, 15) is 51.2 Å². The van der Waals surface area contributed by atoms with Crippen molar-refractivity contribution in [2.24, 2.45) is 0 Å².